The first kappa shape index (κ1) is 26.2. The summed E-state index contributed by atoms with van der Waals surface area (Å²) >= 11 is 23.6. The van der Waals surface area contributed by atoms with Crippen LogP contribution in [0.25, 0.3) is 6.08 Å². The molecule has 0 aliphatic rings. The Morgan fingerprint density at radius 3 is 2.22 bits per heavy atom. The number of rotatable bonds is 12. The van der Waals surface area contributed by atoms with E-state index in [2.05, 4.69) is 0 Å². The maximum Gasteiger partial charge on any atom is 0.330 e. The van der Waals surface area contributed by atoms with E-state index in [0.717, 1.165) is 5.56 Å². The fourth-order valence-corrected chi connectivity index (χ4v) is 3.11. The van der Waals surface area contributed by atoms with Crippen molar-refractivity contribution in [2.75, 3.05) is 26.4 Å². The first-order valence-electron chi connectivity index (χ1n) is 9.72. The van der Waals surface area contributed by atoms with Gasteiger partial charge in [0.05, 0.1) is 29.9 Å². The van der Waals surface area contributed by atoms with Gasteiger partial charge >= 0.3 is 5.97 Å². The molecule has 0 fully saturated rings. The Hall–Kier alpha value is -2.05. The van der Waals surface area contributed by atoms with Crippen molar-refractivity contribution in [2.24, 2.45) is 0 Å². The number of ether oxygens (including phenoxy) is 4. The number of carbonyl (C=O) groups is 1. The lowest BCUT2D eigenvalue weighted by Gasteiger charge is -2.12. The highest BCUT2D eigenvalue weighted by atomic mass is 35.5. The van der Waals surface area contributed by atoms with Gasteiger partial charge in [0.15, 0.2) is 5.75 Å². The predicted molar refractivity (Wildman–Crippen MR) is 129 cm³/mol. The third-order valence-electron chi connectivity index (χ3n) is 3.84. The smallest absolute Gasteiger partial charge is 0.330 e. The van der Waals surface area contributed by atoms with E-state index in [0.29, 0.717) is 53.5 Å². The lowest BCUT2D eigenvalue weighted by Crippen LogP contribution is -2.05. The zero-order valence-corrected chi connectivity index (χ0v) is 20.3. The molecular weight excluding hydrogens is 498 g/mol. The van der Waals surface area contributed by atoms with Gasteiger partial charge in [-0.25, -0.2) is 4.79 Å². The largest absolute Gasteiger partial charge is 0.493 e. The van der Waals surface area contributed by atoms with Crippen LogP contribution in [0.2, 0.25) is 10.0 Å². The molecule has 0 atom stereocenters. The van der Waals surface area contributed by atoms with Crippen LogP contribution in [0.5, 0.6) is 17.2 Å². The number of hydrogen-bond donors (Lipinski definition) is 0. The third kappa shape index (κ3) is 9.61. The highest BCUT2D eigenvalue weighted by Gasteiger charge is 2.10. The molecule has 0 aromatic heterocycles. The quantitative estimate of drug-likeness (QED) is 0.170. The van der Waals surface area contributed by atoms with E-state index in [1.165, 1.54) is 12.2 Å². The number of carbonyl (C=O) groups excluding carboxylic acids is 1. The molecule has 0 aliphatic carbocycles. The minimum Gasteiger partial charge on any atom is -0.493 e. The van der Waals surface area contributed by atoms with Crippen LogP contribution < -0.4 is 14.2 Å². The van der Waals surface area contributed by atoms with Gasteiger partial charge in [-0.3, -0.25) is 0 Å². The van der Waals surface area contributed by atoms with Gasteiger partial charge in [-0.15, -0.1) is 0 Å². The average Bonchev–Trinajstić information content (AvgIpc) is 2.74. The highest BCUT2D eigenvalue weighted by Crippen LogP contribution is 2.37. The Balaban J connectivity index is 1.75. The topological polar surface area (TPSA) is 54.0 Å². The van der Waals surface area contributed by atoms with Crippen molar-refractivity contribution in [3.8, 4) is 17.2 Å². The molecule has 9 heteroatoms. The van der Waals surface area contributed by atoms with Crippen molar-refractivity contribution in [1.29, 1.82) is 0 Å². The standard InChI is InChI=1S/C23H22Cl4O5/c1-2-29-22(28)9-6-16-4-7-17(8-5-16)30-11-3-12-32-23-19(24)14-18(15-20(23)25)31-13-10-21(26)27/h4-10,14-15H,2-3,11-13H2,1H3/b9-6+. The van der Waals surface area contributed by atoms with Crippen molar-refractivity contribution in [1.82, 2.24) is 0 Å². The summed E-state index contributed by atoms with van der Waals surface area (Å²) in [4.78, 5) is 11.3. The average molecular weight is 520 g/mol. The fraction of sp³-hybridized carbons (Fsp3) is 0.261. The summed E-state index contributed by atoms with van der Waals surface area (Å²) in [6, 6.07) is 10.6. The maximum atomic E-state index is 11.3. The molecule has 0 spiro atoms. The molecule has 2 aromatic rings. The van der Waals surface area contributed by atoms with Crippen LogP contribution >= 0.6 is 46.4 Å². The summed E-state index contributed by atoms with van der Waals surface area (Å²) in [6.07, 6.45) is 5.19. The lowest BCUT2D eigenvalue weighted by molar-refractivity contribution is -0.137. The summed E-state index contributed by atoms with van der Waals surface area (Å²) in [7, 11) is 0. The molecule has 0 saturated heterocycles. The SMILES string of the molecule is CCOC(=O)/C=C/c1ccc(OCCCOc2c(Cl)cc(OCC=C(Cl)Cl)cc2Cl)cc1. The van der Waals surface area contributed by atoms with E-state index >= 15 is 0 Å². The van der Waals surface area contributed by atoms with Crippen LogP contribution in [-0.4, -0.2) is 32.4 Å². The van der Waals surface area contributed by atoms with Crippen molar-refractivity contribution in [2.45, 2.75) is 13.3 Å². The minimum absolute atomic E-state index is 0.117. The van der Waals surface area contributed by atoms with Gasteiger partial charge in [0.2, 0.25) is 0 Å². The summed E-state index contributed by atoms with van der Waals surface area (Å²) in [5, 5.41) is 0.668. The third-order valence-corrected chi connectivity index (χ3v) is 4.71. The first-order chi connectivity index (χ1) is 15.4. The van der Waals surface area contributed by atoms with Gasteiger partial charge in [-0.2, -0.15) is 0 Å². The Bertz CT molecular complexity index is 915. The molecule has 0 radical (unpaired) electrons. The predicted octanol–water partition coefficient (Wildman–Crippen LogP) is 7.12. The second-order valence-electron chi connectivity index (χ2n) is 6.23. The zero-order valence-electron chi connectivity index (χ0n) is 17.3. The summed E-state index contributed by atoms with van der Waals surface area (Å²) in [6.45, 7) is 3.11. The molecule has 172 valence electrons. The Kier molecular flexibility index (Phi) is 11.6. The highest BCUT2D eigenvalue weighted by molar-refractivity contribution is 6.55. The molecule has 0 N–H and O–H groups in total. The van der Waals surface area contributed by atoms with Crippen LogP contribution in [-0.2, 0) is 9.53 Å². The Morgan fingerprint density at radius 2 is 1.59 bits per heavy atom. The summed E-state index contributed by atoms with van der Waals surface area (Å²) < 4.78 is 21.8. The van der Waals surface area contributed by atoms with Gasteiger partial charge in [-0.1, -0.05) is 58.5 Å². The van der Waals surface area contributed by atoms with E-state index < -0.39 is 0 Å². The van der Waals surface area contributed by atoms with Gasteiger partial charge in [-0.05, 0) is 36.8 Å². The molecule has 5 nitrogen and oxygen atoms in total. The second kappa shape index (κ2) is 14.2. The molecule has 0 unspecified atom stereocenters. The first-order valence-corrected chi connectivity index (χ1v) is 11.2. The van der Waals surface area contributed by atoms with E-state index in [4.69, 9.17) is 65.4 Å². The zero-order chi connectivity index (χ0) is 23.3. The molecule has 0 bridgehead atoms. The molecule has 2 rings (SSSR count). The monoisotopic (exact) mass is 518 g/mol. The van der Waals surface area contributed by atoms with Crippen molar-refractivity contribution >= 4 is 58.4 Å². The molecule has 0 amide bonds. The fourth-order valence-electron chi connectivity index (χ4n) is 2.41. The number of halogens is 4. The summed E-state index contributed by atoms with van der Waals surface area (Å²) in [5.74, 6) is 1.19. The number of benzene rings is 2. The van der Waals surface area contributed by atoms with Gasteiger partial charge in [0.1, 0.15) is 22.6 Å². The van der Waals surface area contributed by atoms with Crippen molar-refractivity contribution < 1.29 is 23.7 Å². The second-order valence-corrected chi connectivity index (χ2v) is 8.05. The van der Waals surface area contributed by atoms with E-state index in [9.17, 15) is 4.79 Å². The molecule has 0 aliphatic heterocycles. The van der Waals surface area contributed by atoms with E-state index in [1.807, 2.05) is 24.3 Å². The molecule has 32 heavy (non-hydrogen) atoms. The van der Waals surface area contributed by atoms with E-state index in [-0.39, 0.29) is 17.1 Å². The van der Waals surface area contributed by atoms with Crippen LogP contribution in [0.1, 0.15) is 18.9 Å². The number of esters is 1. The van der Waals surface area contributed by atoms with E-state index in [1.54, 1.807) is 25.1 Å². The van der Waals surface area contributed by atoms with Gasteiger partial charge in [0, 0.05) is 24.6 Å². The molecule has 0 heterocycles. The maximum absolute atomic E-state index is 11.3. The van der Waals surface area contributed by atoms with Crippen LogP contribution in [0.3, 0.4) is 0 Å². The Morgan fingerprint density at radius 1 is 0.938 bits per heavy atom. The molecule has 2 aromatic carbocycles. The van der Waals surface area contributed by atoms with Gasteiger partial charge < -0.3 is 18.9 Å². The van der Waals surface area contributed by atoms with Crippen molar-refractivity contribution in [3.05, 3.63) is 68.7 Å². The molecule has 0 saturated carbocycles. The van der Waals surface area contributed by atoms with Crippen LogP contribution in [0, 0.1) is 0 Å². The van der Waals surface area contributed by atoms with Crippen LogP contribution in [0.4, 0.5) is 0 Å². The Labute approximate surface area is 207 Å². The number of hydrogen-bond acceptors (Lipinski definition) is 5. The lowest BCUT2D eigenvalue weighted by atomic mass is 10.2. The van der Waals surface area contributed by atoms with Crippen LogP contribution in [0.15, 0.2) is 53.0 Å². The molecular formula is C23H22Cl4O5. The summed E-state index contributed by atoms with van der Waals surface area (Å²) in [5.41, 5.74) is 0.868. The van der Waals surface area contributed by atoms with Gasteiger partial charge in [0.25, 0.3) is 0 Å². The van der Waals surface area contributed by atoms with Crippen molar-refractivity contribution in [3.63, 3.8) is 0 Å². The normalized spacial score (nSPS) is 10.7. The minimum atomic E-state index is -0.372.